The molecule has 0 fully saturated rings. The number of rotatable bonds is 4. The van der Waals surface area contributed by atoms with Crippen LogP contribution in [0.25, 0.3) is 0 Å². The third kappa shape index (κ3) is 3.19. The Hall–Kier alpha value is -2.41. The number of nitrogens with two attached hydrogens (primary N) is 1. The summed E-state index contributed by atoms with van der Waals surface area (Å²) in [4.78, 5) is 9.98. The molecular weight excluding hydrogens is 285 g/mol. The molecule has 0 heterocycles. The van der Waals surface area contributed by atoms with Gasteiger partial charge in [0.15, 0.2) is 17.5 Å². The number of benzene rings is 2. The molecule has 0 amide bonds. The molecule has 0 aromatic heterocycles. The summed E-state index contributed by atoms with van der Waals surface area (Å²) >= 11 is 0. The molecule has 2 rings (SSSR count). The zero-order chi connectivity index (χ0) is 15.6. The Morgan fingerprint density at radius 1 is 1.05 bits per heavy atom. The van der Waals surface area contributed by atoms with Crippen molar-refractivity contribution >= 4 is 5.69 Å². The molecule has 2 aromatic rings. The lowest BCUT2D eigenvalue weighted by atomic mass is 9.99. The van der Waals surface area contributed by atoms with E-state index in [1.165, 1.54) is 24.3 Å². The van der Waals surface area contributed by atoms with Gasteiger partial charge in [-0.05, 0) is 18.1 Å². The summed E-state index contributed by atoms with van der Waals surface area (Å²) in [5, 5.41) is 10.5. The molecule has 7 heteroatoms. The number of hydrogen-bond acceptors (Lipinski definition) is 3. The maximum Gasteiger partial charge on any atom is 0.269 e. The van der Waals surface area contributed by atoms with Gasteiger partial charge in [-0.25, -0.2) is 13.2 Å². The van der Waals surface area contributed by atoms with Crippen molar-refractivity contribution in [3.05, 3.63) is 75.1 Å². The van der Waals surface area contributed by atoms with E-state index >= 15 is 0 Å². The highest BCUT2D eigenvalue weighted by molar-refractivity contribution is 5.34. The predicted molar refractivity (Wildman–Crippen MR) is 70.0 cm³/mol. The summed E-state index contributed by atoms with van der Waals surface area (Å²) in [6.07, 6.45) is 0.139. The van der Waals surface area contributed by atoms with Crippen LogP contribution in [0.2, 0.25) is 0 Å². The summed E-state index contributed by atoms with van der Waals surface area (Å²) in [6.45, 7) is 0. The van der Waals surface area contributed by atoms with Gasteiger partial charge in [0.2, 0.25) is 0 Å². The lowest BCUT2D eigenvalue weighted by Gasteiger charge is -2.13. The monoisotopic (exact) mass is 296 g/mol. The van der Waals surface area contributed by atoms with Crippen molar-refractivity contribution in [3.8, 4) is 0 Å². The summed E-state index contributed by atoms with van der Waals surface area (Å²) in [7, 11) is 0. The Kier molecular flexibility index (Phi) is 4.23. The number of nitrogens with zero attached hydrogens (tertiary/aromatic N) is 1. The zero-order valence-corrected chi connectivity index (χ0v) is 10.7. The highest BCUT2D eigenvalue weighted by Gasteiger charge is 2.18. The Balaban J connectivity index is 2.20. The van der Waals surface area contributed by atoms with Gasteiger partial charge in [0.25, 0.3) is 5.69 Å². The normalized spacial score (nSPS) is 12.2. The first kappa shape index (κ1) is 15.0. The second-order valence-corrected chi connectivity index (χ2v) is 4.50. The number of halogens is 3. The van der Waals surface area contributed by atoms with E-state index < -0.39 is 28.4 Å². The van der Waals surface area contributed by atoms with Crippen LogP contribution in [0, 0.1) is 27.6 Å². The minimum absolute atomic E-state index is 0.0775. The molecule has 2 aromatic carbocycles. The minimum atomic E-state index is -1.56. The molecule has 0 saturated carbocycles. The zero-order valence-electron chi connectivity index (χ0n) is 10.7. The van der Waals surface area contributed by atoms with Crippen molar-refractivity contribution in [2.45, 2.75) is 12.5 Å². The highest BCUT2D eigenvalue weighted by Crippen LogP contribution is 2.23. The van der Waals surface area contributed by atoms with E-state index in [4.69, 9.17) is 5.73 Å². The summed E-state index contributed by atoms with van der Waals surface area (Å²) in [5.41, 5.74) is 6.18. The second-order valence-electron chi connectivity index (χ2n) is 4.50. The van der Waals surface area contributed by atoms with Crippen molar-refractivity contribution in [2.24, 2.45) is 5.73 Å². The second kappa shape index (κ2) is 5.92. The first-order chi connectivity index (χ1) is 9.90. The Morgan fingerprint density at radius 3 is 2.24 bits per heavy atom. The van der Waals surface area contributed by atoms with E-state index in [1.54, 1.807) is 0 Å². The van der Waals surface area contributed by atoms with Gasteiger partial charge in [0.1, 0.15) is 0 Å². The van der Waals surface area contributed by atoms with Crippen LogP contribution in [0.5, 0.6) is 0 Å². The van der Waals surface area contributed by atoms with Crippen LogP contribution in [0.4, 0.5) is 18.9 Å². The van der Waals surface area contributed by atoms with Gasteiger partial charge in [0, 0.05) is 23.7 Å². The summed E-state index contributed by atoms with van der Waals surface area (Å²) < 4.78 is 39.6. The average molecular weight is 296 g/mol. The van der Waals surface area contributed by atoms with Crippen molar-refractivity contribution in [1.29, 1.82) is 0 Å². The Morgan fingerprint density at radius 2 is 1.67 bits per heavy atom. The quantitative estimate of drug-likeness (QED) is 0.535. The van der Waals surface area contributed by atoms with Crippen LogP contribution in [-0.2, 0) is 6.42 Å². The lowest BCUT2D eigenvalue weighted by molar-refractivity contribution is -0.384. The number of non-ortho nitro benzene ring substituents is 1. The molecule has 0 bridgehead atoms. The van der Waals surface area contributed by atoms with Crippen LogP contribution in [-0.4, -0.2) is 4.92 Å². The van der Waals surface area contributed by atoms with E-state index in [0.717, 1.165) is 12.1 Å². The molecule has 0 spiro atoms. The van der Waals surface area contributed by atoms with Gasteiger partial charge in [-0.3, -0.25) is 10.1 Å². The summed E-state index contributed by atoms with van der Waals surface area (Å²) in [5.74, 6) is -4.16. The molecule has 2 N–H and O–H groups in total. The molecule has 4 nitrogen and oxygen atoms in total. The van der Waals surface area contributed by atoms with E-state index in [2.05, 4.69) is 0 Å². The van der Waals surface area contributed by atoms with Gasteiger partial charge in [-0.15, -0.1) is 0 Å². The van der Waals surface area contributed by atoms with Crippen molar-refractivity contribution < 1.29 is 18.1 Å². The van der Waals surface area contributed by atoms with Crippen molar-refractivity contribution in [3.63, 3.8) is 0 Å². The molecule has 1 atom stereocenters. The molecule has 21 heavy (non-hydrogen) atoms. The highest BCUT2D eigenvalue weighted by atomic mass is 19.2. The van der Waals surface area contributed by atoms with Crippen LogP contribution < -0.4 is 5.73 Å². The van der Waals surface area contributed by atoms with E-state index in [0.29, 0.717) is 5.56 Å². The maximum absolute atomic E-state index is 13.6. The lowest BCUT2D eigenvalue weighted by Crippen LogP contribution is -2.16. The standard InChI is InChI=1S/C14H11F3N2O2/c15-11-6-5-10(13(16)14(11)17)12(18)7-8-1-3-9(4-2-8)19(20)21/h1-6,12H,7,18H2. The molecule has 0 saturated heterocycles. The smallest absolute Gasteiger partial charge is 0.269 e. The van der Waals surface area contributed by atoms with Crippen molar-refractivity contribution in [2.75, 3.05) is 0 Å². The first-order valence-corrected chi connectivity index (χ1v) is 6.02. The molecule has 1 unspecified atom stereocenters. The SMILES string of the molecule is NC(Cc1ccc([N+](=O)[O-])cc1)c1ccc(F)c(F)c1F. The molecule has 0 aliphatic rings. The molecule has 0 aliphatic carbocycles. The van der Waals surface area contributed by atoms with Gasteiger partial charge >= 0.3 is 0 Å². The van der Waals surface area contributed by atoms with Crippen LogP contribution in [0.15, 0.2) is 36.4 Å². The maximum atomic E-state index is 13.6. The molecule has 0 radical (unpaired) electrons. The van der Waals surface area contributed by atoms with Gasteiger partial charge in [0.05, 0.1) is 4.92 Å². The Labute approximate surface area is 118 Å². The van der Waals surface area contributed by atoms with Gasteiger partial charge in [-0.2, -0.15) is 0 Å². The van der Waals surface area contributed by atoms with Crippen molar-refractivity contribution in [1.82, 2.24) is 0 Å². The third-order valence-corrected chi connectivity index (χ3v) is 3.07. The fourth-order valence-corrected chi connectivity index (χ4v) is 1.94. The predicted octanol–water partition coefficient (Wildman–Crippen LogP) is 3.25. The van der Waals surface area contributed by atoms with E-state index in [-0.39, 0.29) is 17.7 Å². The molecule has 0 aliphatic heterocycles. The minimum Gasteiger partial charge on any atom is -0.324 e. The molecular formula is C14H11F3N2O2. The van der Waals surface area contributed by atoms with E-state index in [1.807, 2.05) is 0 Å². The average Bonchev–Trinajstić information content (AvgIpc) is 2.45. The van der Waals surface area contributed by atoms with E-state index in [9.17, 15) is 23.3 Å². The topological polar surface area (TPSA) is 69.2 Å². The number of nitro groups is 1. The first-order valence-electron chi connectivity index (χ1n) is 6.02. The summed E-state index contributed by atoms with van der Waals surface area (Å²) in [6, 6.07) is 6.56. The Bertz CT molecular complexity index is 675. The third-order valence-electron chi connectivity index (χ3n) is 3.07. The van der Waals surface area contributed by atoms with Gasteiger partial charge < -0.3 is 5.73 Å². The fraction of sp³-hybridized carbons (Fsp3) is 0.143. The number of hydrogen-bond donors (Lipinski definition) is 1. The fourth-order valence-electron chi connectivity index (χ4n) is 1.94. The molecule has 110 valence electrons. The number of nitro benzene ring substituents is 1. The van der Waals surface area contributed by atoms with Crippen LogP contribution in [0.3, 0.4) is 0 Å². The largest absolute Gasteiger partial charge is 0.324 e. The van der Waals surface area contributed by atoms with Crippen LogP contribution in [0.1, 0.15) is 17.2 Å². The van der Waals surface area contributed by atoms with Crippen LogP contribution >= 0.6 is 0 Å². The van der Waals surface area contributed by atoms with Gasteiger partial charge in [-0.1, -0.05) is 18.2 Å².